The molecule has 2 aromatic rings. The minimum absolute atomic E-state index is 0.0835. The van der Waals surface area contributed by atoms with Crippen molar-refractivity contribution in [2.75, 3.05) is 17.7 Å². The summed E-state index contributed by atoms with van der Waals surface area (Å²) in [5.74, 6) is -0.0835. The summed E-state index contributed by atoms with van der Waals surface area (Å²) in [5.41, 5.74) is 6.53. The molecule has 1 aliphatic heterocycles. The van der Waals surface area contributed by atoms with Gasteiger partial charge in [-0.15, -0.1) is 11.3 Å². The van der Waals surface area contributed by atoms with Gasteiger partial charge in [0.1, 0.15) is 0 Å². The van der Waals surface area contributed by atoms with E-state index in [9.17, 15) is 4.79 Å². The van der Waals surface area contributed by atoms with E-state index < -0.39 is 0 Å². The van der Waals surface area contributed by atoms with Gasteiger partial charge in [0, 0.05) is 25.0 Å². The molecule has 2 atom stereocenters. The number of carbonyl (C=O) groups is 1. The highest BCUT2D eigenvalue weighted by Gasteiger charge is 2.27. The maximum Gasteiger partial charge on any atom is 0.223 e. The third-order valence-corrected chi connectivity index (χ3v) is 4.21. The first-order valence-corrected chi connectivity index (χ1v) is 8.04. The van der Waals surface area contributed by atoms with Crippen LogP contribution in [0.3, 0.4) is 0 Å². The van der Waals surface area contributed by atoms with Crippen molar-refractivity contribution in [3.63, 3.8) is 0 Å². The third-order valence-electron chi connectivity index (χ3n) is 3.41. The maximum absolute atomic E-state index is 11.0. The van der Waals surface area contributed by atoms with E-state index in [1.807, 2.05) is 17.4 Å². The normalized spacial score (nSPS) is 19.7. The Morgan fingerprint density at radius 1 is 1.36 bits per heavy atom. The molecule has 3 rings (SSSR count). The van der Waals surface area contributed by atoms with Gasteiger partial charge in [-0.3, -0.25) is 4.79 Å². The molecule has 6 nitrogen and oxygen atoms in total. The lowest BCUT2D eigenvalue weighted by atomic mass is 10.1. The van der Waals surface area contributed by atoms with Gasteiger partial charge in [-0.2, -0.15) is 0 Å². The monoisotopic (exact) mass is 317 g/mol. The quantitative estimate of drug-likeness (QED) is 0.711. The molecular weight excluding hydrogens is 298 g/mol. The van der Waals surface area contributed by atoms with Crippen LogP contribution < -0.4 is 16.1 Å². The fraction of sp³-hybridized carbons (Fsp3) is 0.333. The standard InChI is InChI=1S/C15H19N5OS/c1-10(21)16-15-18-13(9-22-15)8-5-11-3-6-12(7-4-11)17-14-19-20(14)2/h3-4,6-7,9,14,17,19H,5,8H2,1-2H3,(H,16,18,21). The average Bonchev–Trinajstić information content (AvgIpc) is 2.98. The van der Waals surface area contributed by atoms with Gasteiger partial charge in [0.2, 0.25) is 5.91 Å². The molecule has 3 N–H and O–H groups in total. The summed E-state index contributed by atoms with van der Waals surface area (Å²) in [6.45, 7) is 1.49. The van der Waals surface area contributed by atoms with Gasteiger partial charge < -0.3 is 10.6 Å². The summed E-state index contributed by atoms with van der Waals surface area (Å²) in [7, 11) is 2.00. The number of benzene rings is 1. The summed E-state index contributed by atoms with van der Waals surface area (Å²) >= 11 is 1.46. The van der Waals surface area contributed by atoms with Crippen molar-refractivity contribution in [3.05, 3.63) is 40.9 Å². The summed E-state index contributed by atoms with van der Waals surface area (Å²) in [6.07, 6.45) is 2.05. The van der Waals surface area contributed by atoms with E-state index in [2.05, 4.69) is 45.3 Å². The van der Waals surface area contributed by atoms with E-state index in [1.165, 1.54) is 23.8 Å². The van der Waals surface area contributed by atoms with Crippen LogP contribution in [0.15, 0.2) is 29.6 Å². The predicted molar refractivity (Wildman–Crippen MR) is 88.6 cm³/mol. The van der Waals surface area contributed by atoms with Crippen molar-refractivity contribution >= 4 is 28.1 Å². The molecule has 1 amide bonds. The Balaban J connectivity index is 1.50. The molecule has 116 valence electrons. The number of thiazole rings is 1. The Morgan fingerprint density at radius 2 is 2.09 bits per heavy atom. The zero-order chi connectivity index (χ0) is 15.5. The molecule has 22 heavy (non-hydrogen) atoms. The number of aromatic nitrogens is 1. The van der Waals surface area contributed by atoms with E-state index in [0.29, 0.717) is 5.13 Å². The number of rotatable bonds is 6. The van der Waals surface area contributed by atoms with Gasteiger partial charge in [0.25, 0.3) is 0 Å². The first-order chi connectivity index (χ1) is 10.6. The number of amides is 1. The van der Waals surface area contributed by atoms with Crippen LogP contribution in [0, 0.1) is 0 Å². The number of hydrogen-bond donors (Lipinski definition) is 3. The van der Waals surface area contributed by atoms with Crippen LogP contribution >= 0.6 is 11.3 Å². The number of nitrogens with one attached hydrogen (secondary N) is 3. The molecule has 0 aliphatic carbocycles. The first kappa shape index (κ1) is 15.0. The minimum Gasteiger partial charge on any atom is -0.355 e. The van der Waals surface area contributed by atoms with E-state index >= 15 is 0 Å². The molecule has 1 aromatic heterocycles. The Kier molecular flexibility index (Phi) is 4.37. The SMILES string of the molecule is CC(=O)Nc1nc(CCc2ccc(NC3NN3C)cc2)cs1. The topological polar surface area (TPSA) is 79.0 Å². The highest BCUT2D eigenvalue weighted by atomic mass is 32.1. The molecule has 1 saturated heterocycles. The van der Waals surface area contributed by atoms with Crippen LogP contribution in [0.5, 0.6) is 0 Å². The van der Waals surface area contributed by atoms with E-state index in [4.69, 9.17) is 0 Å². The molecule has 2 unspecified atom stereocenters. The van der Waals surface area contributed by atoms with Crippen LogP contribution in [0.1, 0.15) is 18.2 Å². The first-order valence-electron chi connectivity index (χ1n) is 7.16. The van der Waals surface area contributed by atoms with Crippen LogP contribution in [-0.4, -0.2) is 29.2 Å². The highest BCUT2D eigenvalue weighted by Crippen LogP contribution is 2.18. The van der Waals surface area contributed by atoms with Crippen LogP contribution in [-0.2, 0) is 17.6 Å². The lowest BCUT2D eigenvalue weighted by molar-refractivity contribution is -0.114. The summed E-state index contributed by atoms with van der Waals surface area (Å²) in [4.78, 5) is 15.4. The summed E-state index contributed by atoms with van der Waals surface area (Å²) < 4.78 is 0. The fourth-order valence-corrected chi connectivity index (χ4v) is 2.91. The summed E-state index contributed by atoms with van der Waals surface area (Å²) in [5, 5.41) is 10.7. The zero-order valence-corrected chi connectivity index (χ0v) is 13.4. The minimum atomic E-state index is -0.0835. The Bertz CT molecular complexity index is 654. The largest absolute Gasteiger partial charge is 0.355 e. The Hall–Kier alpha value is -1.96. The third kappa shape index (κ3) is 4.03. The molecule has 1 fully saturated rings. The second-order valence-electron chi connectivity index (χ2n) is 5.31. The molecular formula is C15H19N5OS. The lowest BCUT2D eigenvalue weighted by Crippen LogP contribution is -2.08. The van der Waals surface area contributed by atoms with Crippen LogP contribution in [0.4, 0.5) is 10.8 Å². The Labute approximate surface area is 133 Å². The number of nitrogens with zero attached hydrogens (tertiary/aromatic N) is 2. The van der Waals surface area contributed by atoms with Gasteiger partial charge in [-0.05, 0) is 30.5 Å². The summed E-state index contributed by atoms with van der Waals surface area (Å²) in [6, 6.07) is 8.44. The van der Waals surface area contributed by atoms with Gasteiger partial charge in [-0.25, -0.2) is 15.4 Å². The molecule has 0 bridgehead atoms. The predicted octanol–water partition coefficient (Wildman–Crippen LogP) is 2.03. The molecule has 1 aliphatic rings. The molecule has 0 radical (unpaired) electrons. The number of hydrogen-bond acceptors (Lipinski definition) is 6. The Morgan fingerprint density at radius 3 is 2.73 bits per heavy atom. The van der Waals surface area contributed by atoms with Crippen LogP contribution in [0.2, 0.25) is 0 Å². The number of anilines is 2. The highest BCUT2D eigenvalue weighted by molar-refractivity contribution is 7.13. The van der Waals surface area contributed by atoms with Gasteiger partial charge in [0.05, 0.1) is 5.69 Å². The van der Waals surface area contributed by atoms with Crippen molar-refractivity contribution in [2.45, 2.75) is 26.1 Å². The molecule has 7 heteroatoms. The van der Waals surface area contributed by atoms with Crippen molar-refractivity contribution in [2.24, 2.45) is 0 Å². The second-order valence-corrected chi connectivity index (χ2v) is 6.17. The van der Waals surface area contributed by atoms with Gasteiger partial charge in [0.15, 0.2) is 11.4 Å². The van der Waals surface area contributed by atoms with Crippen molar-refractivity contribution < 1.29 is 4.79 Å². The molecule has 2 heterocycles. The number of aryl methyl sites for hydroxylation is 2. The number of hydrazine groups is 1. The molecule has 1 aromatic carbocycles. The average molecular weight is 317 g/mol. The fourth-order valence-electron chi connectivity index (χ4n) is 2.12. The van der Waals surface area contributed by atoms with E-state index in [0.717, 1.165) is 24.2 Å². The van der Waals surface area contributed by atoms with Crippen molar-refractivity contribution in [1.82, 2.24) is 15.4 Å². The maximum atomic E-state index is 11.0. The second kappa shape index (κ2) is 6.43. The lowest BCUT2D eigenvalue weighted by Gasteiger charge is -2.05. The van der Waals surface area contributed by atoms with Crippen molar-refractivity contribution in [1.29, 1.82) is 0 Å². The van der Waals surface area contributed by atoms with Crippen LogP contribution in [0.25, 0.3) is 0 Å². The molecule has 0 saturated carbocycles. The zero-order valence-electron chi connectivity index (χ0n) is 12.6. The van der Waals surface area contributed by atoms with E-state index in [-0.39, 0.29) is 12.2 Å². The van der Waals surface area contributed by atoms with Gasteiger partial charge in [-0.1, -0.05) is 12.1 Å². The van der Waals surface area contributed by atoms with Crippen molar-refractivity contribution in [3.8, 4) is 0 Å². The molecule has 0 spiro atoms. The van der Waals surface area contributed by atoms with E-state index in [1.54, 1.807) is 0 Å². The smallest absolute Gasteiger partial charge is 0.223 e. The van der Waals surface area contributed by atoms with Gasteiger partial charge >= 0.3 is 0 Å². The number of carbonyl (C=O) groups excluding carboxylic acids is 1.